The molecule has 21 heavy (non-hydrogen) atoms. The van der Waals surface area contributed by atoms with Crippen LogP contribution in [0.25, 0.3) is 0 Å². The molecule has 0 fully saturated rings. The summed E-state index contributed by atoms with van der Waals surface area (Å²) in [6, 6.07) is 6.26. The predicted octanol–water partition coefficient (Wildman–Crippen LogP) is -1.56. The van der Waals surface area contributed by atoms with Crippen molar-refractivity contribution in [3.63, 3.8) is 0 Å². The normalized spacial score (nSPS) is 9.38. The highest BCUT2D eigenvalue weighted by atomic mass is 16.2. The molecule has 5 N–H and O–H groups in total. The van der Waals surface area contributed by atoms with E-state index in [0.717, 1.165) is 4.90 Å². The summed E-state index contributed by atoms with van der Waals surface area (Å²) < 4.78 is 0. The van der Waals surface area contributed by atoms with E-state index in [4.69, 9.17) is 16.6 Å². The lowest BCUT2D eigenvalue weighted by Crippen LogP contribution is -2.43. The van der Waals surface area contributed by atoms with Crippen molar-refractivity contribution in [2.24, 2.45) is 11.5 Å². The van der Waals surface area contributed by atoms with Gasteiger partial charge in [-0.3, -0.25) is 14.4 Å². The van der Waals surface area contributed by atoms with E-state index in [0.29, 0.717) is 5.56 Å². The number of rotatable bonds is 5. The van der Waals surface area contributed by atoms with Gasteiger partial charge in [0.25, 0.3) is 5.91 Å². The van der Waals surface area contributed by atoms with Crippen LogP contribution in [0.1, 0.15) is 15.9 Å². The fraction of sp³-hybridized carbons (Fsp3) is 0.214. The van der Waals surface area contributed by atoms with Crippen LogP contribution in [-0.4, -0.2) is 47.4 Å². The number of nitrogens with zero attached hydrogens (tertiary/aromatic N) is 1. The number of primary amides is 2. The van der Waals surface area contributed by atoms with E-state index < -0.39 is 30.8 Å². The molecule has 7 nitrogen and oxygen atoms in total. The number of aliphatic hydroxyl groups is 1. The van der Waals surface area contributed by atoms with Crippen LogP contribution in [0.15, 0.2) is 24.3 Å². The number of nitrogens with two attached hydrogens (primary N) is 2. The summed E-state index contributed by atoms with van der Waals surface area (Å²) in [5.74, 6) is 3.06. The minimum absolute atomic E-state index is 0.238. The second-order valence-corrected chi connectivity index (χ2v) is 4.13. The van der Waals surface area contributed by atoms with Crippen molar-refractivity contribution < 1.29 is 19.5 Å². The topological polar surface area (TPSA) is 127 Å². The molecule has 0 atom stereocenters. The summed E-state index contributed by atoms with van der Waals surface area (Å²) >= 11 is 0. The van der Waals surface area contributed by atoms with E-state index in [2.05, 4.69) is 11.8 Å². The quantitative estimate of drug-likeness (QED) is 0.567. The van der Waals surface area contributed by atoms with E-state index in [1.807, 2.05) is 0 Å². The molecular weight excluding hydrogens is 274 g/mol. The lowest BCUT2D eigenvalue weighted by atomic mass is 10.1. The van der Waals surface area contributed by atoms with Crippen molar-refractivity contribution in [1.82, 2.24) is 4.90 Å². The van der Waals surface area contributed by atoms with Crippen LogP contribution in [-0.2, 0) is 9.59 Å². The molecule has 110 valence electrons. The van der Waals surface area contributed by atoms with E-state index in [9.17, 15) is 14.4 Å². The molecule has 0 radical (unpaired) electrons. The highest BCUT2D eigenvalue weighted by Gasteiger charge is 2.19. The monoisotopic (exact) mass is 289 g/mol. The molecule has 0 saturated heterocycles. The molecule has 1 aromatic rings. The fourth-order valence-corrected chi connectivity index (χ4v) is 1.63. The predicted molar refractivity (Wildman–Crippen MR) is 74.7 cm³/mol. The Morgan fingerprint density at radius 1 is 1.14 bits per heavy atom. The van der Waals surface area contributed by atoms with Crippen molar-refractivity contribution in [3.8, 4) is 11.8 Å². The molecule has 3 amide bonds. The Balaban J connectivity index is 3.02. The van der Waals surface area contributed by atoms with Gasteiger partial charge in [-0.05, 0) is 18.2 Å². The van der Waals surface area contributed by atoms with Crippen LogP contribution in [0, 0.1) is 11.8 Å². The third-order valence-electron chi connectivity index (χ3n) is 2.40. The Labute approximate surface area is 121 Å². The maximum Gasteiger partial charge on any atom is 0.254 e. The van der Waals surface area contributed by atoms with Crippen LogP contribution in [0.2, 0.25) is 0 Å². The second kappa shape index (κ2) is 7.67. The first-order valence-corrected chi connectivity index (χ1v) is 5.99. The molecule has 0 aliphatic rings. The summed E-state index contributed by atoms with van der Waals surface area (Å²) in [6.45, 7) is -1.11. The van der Waals surface area contributed by atoms with Gasteiger partial charge in [0.1, 0.15) is 19.7 Å². The van der Waals surface area contributed by atoms with Gasteiger partial charge in [0.15, 0.2) is 0 Å². The first kappa shape index (κ1) is 16.2. The average Bonchev–Trinajstić information content (AvgIpc) is 2.43. The molecule has 1 aromatic carbocycles. The van der Waals surface area contributed by atoms with Gasteiger partial charge < -0.3 is 21.5 Å². The second-order valence-electron chi connectivity index (χ2n) is 4.13. The van der Waals surface area contributed by atoms with Gasteiger partial charge in [-0.1, -0.05) is 17.9 Å². The fourth-order valence-electron chi connectivity index (χ4n) is 1.63. The minimum atomic E-state index is -0.749. The van der Waals surface area contributed by atoms with Crippen LogP contribution < -0.4 is 11.5 Å². The van der Waals surface area contributed by atoms with Crippen LogP contribution in [0.4, 0.5) is 0 Å². The Hall–Kier alpha value is -2.85. The molecule has 0 spiro atoms. The average molecular weight is 289 g/mol. The maximum absolute atomic E-state index is 12.3. The molecule has 0 aliphatic carbocycles. The van der Waals surface area contributed by atoms with Gasteiger partial charge in [-0.15, -0.1) is 0 Å². The Morgan fingerprint density at radius 2 is 1.76 bits per heavy atom. The van der Waals surface area contributed by atoms with Gasteiger partial charge in [0, 0.05) is 11.1 Å². The van der Waals surface area contributed by atoms with E-state index in [-0.39, 0.29) is 12.2 Å². The molecule has 0 aromatic heterocycles. The lowest BCUT2D eigenvalue weighted by molar-refractivity contribution is -0.121. The van der Waals surface area contributed by atoms with Crippen LogP contribution in [0.3, 0.4) is 0 Å². The van der Waals surface area contributed by atoms with E-state index in [1.165, 1.54) is 12.1 Å². The molecule has 7 heteroatoms. The third kappa shape index (κ3) is 5.34. The van der Waals surface area contributed by atoms with E-state index >= 15 is 0 Å². The zero-order chi connectivity index (χ0) is 15.8. The summed E-state index contributed by atoms with van der Waals surface area (Å²) in [5, 5.41) is 8.64. The SMILES string of the molecule is NC(=O)CN(CC(N)=O)C(=O)c1cccc(C#CCO)c1. The van der Waals surface area contributed by atoms with Gasteiger partial charge in [-0.2, -0.15) is 0 Å². The third-order valence-corrected chi connectivity index (χ3v) is 2.40. The first-order chi connectivity index (χ1) is 9.93. The summed E-state index contributed by atoms with van der Waals surface area (Å²) in [5.41, 5.74) is 10.9. The van der Waals surface area contributed by atoms with Gasteiger partial charge in [-0.25, -0.2) is 0 Å². The zero-order valence-electron chi connectivity index (χ0n) is 11.2. The Bertz CT molecular complexity index is 600. The first-order valence-electron chi connectivity index (χ1n) is 5.99. The van der Waals surface area contributed by atoms with Crippen molar-refractivity contribution in [3.05, 3.63) is 35.4 Å². The Kier molecular flexibility index (Phi) is 5.92. The molecule has 0 aliphatic heterocycles. The molecule has 1 rings (SSSR count). The zero-order valence-corrected chi connectivity index (χ0v) is 11.2. The number of hydrogen-bond donors (Lipinski definition) is 3. The number of carbonyl (C=O) groups excluding carboxylic acids is 3. The lowest BCUT2D eigenvalue weighted by Gasteiger charge is -2.19. The van der Waals surface area contributed by atoms with Gasteiger partial charge in [0.2, 0.25) is 11.8 Å². The van der Waals surface area contributed by atoms with Crippen molar-refractivity contribution in [2.45, 2.75) is 0 Å². The Morgan fingerprint density at radius 3 is 2.29 bits per heavy atom. The van der Waals surface area contributed by atoms with E-state index in [1.54, 1.807) is 12.1 Å². The van der Waals surface area contributed by atoms with Gasteiger partial charge in [0.05, 0.1) is 0 Å². The maximum atomic E-state index is 12.3. The van der Waals surface area contributed by atoms with Crippen molar-refractivity contribution in [2.75, 3.05) is 19.7 Å². The number of benzene rings is 1. The number of aliphatic hydroxyl groups excluding tert-OH is 1. The van der Waals surface area contributed by atoms with Gasteiger partial charge >= 0.3 is 0 Å². The highest BCUT2D eigenvalue weighted by Crippen LogP contribution is 2.08. The number of carbonyl (C=O) groups is 3. The van der Waals surface area contributed by atoms with Crippen LogP contribution in [0.5, 0.6) is 0 Å². The summed E-state index contributed by atoms with van der Waals surface area (Å²) in [4.78, 5) is 35.1. The molecule has 0 saturated carbocycles. The van der Waals surface area contributed by atoms with Crippen LogP contribution >= 0.6 is 0 Å². The molecule has 0 unspecified atom stereocenters. The number of amides is 3. The standard InChI is InChI=1S/C14H15N3O4/c15-12(19)8-17(9-13(16)20)14(21)11-5-1-3-10(7-11)4-2-6-18/h1,3,5,7,18H,6,8-9H2,(H2,15,19)(H2,16,20). The summed E-state index contributed by atoms with van der Waals surface area (Å²) in [6.07, 6.45) is 0. The van der Waals surface area contributed by atoms with Crippen molar-refractivity contribution in [1.29, 1.82) is 0 Å². The minimum Gasteiger partial charge on any atom is -0.384 e. The molecule has 0 bridgehead atoms. The number of hydrogen-bond acceptors (Lipinski definition) is 4. The summed E-state index contributed by atoms with van der Waals surface area (Å²) in [7, 11) is 0. The highest BCUT2D eigenvalue weighted by molar-refractivity contribution is 5.98. The molecular formula is C14H15N3O4. The van der Waals surface area contributed by atoms with Crippen molar-refractivity contribution >= 4 is 17.7 Å². The molecule has 0 heterocycles. The smallest absolute Gasteiger partial charge is 0.254 e. The largest absolute Gasteiger partial charge is 0.384 e.